The number of benzene rings is 1. The Morgan fingerprint density at radius 1 is 0.977 bits per heavy atom. The zero-order chi connectivity index (χ0) is 30.4. The first-order chi connectivity index (χ1) is 20.5. The Balaban J connectivity index is 0.954. The fourth-order valence-electron chi connectivity index (χ4n) is 6.79. The van der Waals surface area contributed by atoms with Gasteiger partial charge in [-0.1, -0.05) is 12.1 Å². The van der Waals surface area contributed by atoms with Gasteiger partial charge in [0.05, 0.1) is 17.9 Å². The number of halogens is 3. The van der Waals surface area contributed by atoms with Crippen LogP contribution in [-0.2, 0) is 32.6 Å². The minimum atomic E-state index is -4.23. The van der Waals surface area contributed by atoms with Crippen molar-refractivity contribution >= 4 is 35.3 Å². The molecule has 1 aliphatic carbocycles. The summed E-state index contributed by atoms with van der Waals surface area (Å²) < 4.78 is 38.8. The average molecular weight is 599 g/mol. The van der Waals surface area contributed by atoms with E-state index in [0.29, 0.717) is 50.3 Å². The molecule has 3 aliphatic heterocycles. The van der Waals surface area contributed by atoms with E-state index in [2.05, 4.69) is 20.9 Å². The van der Waals surface area contributed by atoms with Crippen LogP contribution in [0.1, 0.15) is 42.4 Å². The lowest BCUT2D eigenvalue weighted by atomic mass is 9.79. The molecule has 1 unspecified atom stereocenters. The third kappa shape index (κ3) is 5.64. The third-order valence-corrected chi connectivity index (χ3v) is 9.25. The highest BCUT2D eigenvalue weighted by molar-refractivity contribution is 6.06. The number of aromatic nitrogens is 1. The molecular formula is C30H33F3N6O4. The van der Waals surface area contributed by atoms with Gasteiger partial charge in [-0.15, -0.1) is 0 Å². The number of amides is 5. The van der Waals surface area contributed by atoms with Crippen LogP contribution in [0.2, 0.25) is 0 Å². The number of alkyl halides is 3. The van der Waals surface area contributed by atoms with Gasteiger partial charge in [-0.25, -0.2) is 9.78 Å². The van der Waals surface area contributed by atoms with Crippen LogP contribution in [0.25, 0.3) is 0 Å². The zero-order valence-corrected chi connectivity index (χ0v) is 23.5. The summed E-state index contributed by atoms with van der Waals surface area (Å²) in [4.78, 5) is 58.4. The molecule has 2 fully saturated rings. The maximum atomic E-state index is 12.9. The molecule has 3 N–H and O–H groups in total. The number of rotatable bonds is 4. The molecule has 43 heavy (non-hydrogen) atoms. The summed E-state index contributed by atoms with van der Waals surface area (Å²) >= 11 is 0. The van der Waals surface area contributed by atoms with Gasteiger partial charge in [0.25, 0.3) is 0 Å². The molecule has 1 aromatic heterocycles. The number of hydrogen-bond donors (Lipinski definition) is 3. The summed E-state index contributed by atoms with van der Waals surface area (Å²) in [6.45, 7) is 0.596. The Bertz CT molecular complexity index is 1450. The van der Waals surface area contributed by atoms with Gasteiger partial charge in [0, 0.05) is 49.5 Å². The van der Waals surface area contributed by atoms with Gasteiger partial charge < -0.3 is 25.8 Å². The van der Waals surface area contributed by atoms with Crippen molar-refractivity contribution in [1.29, 1.82) is 0 Å². The van der Waals surface area contributed by atoms with E-state index in [1.54, 1.807) is 17.2 Å². The third-order valence-electron chi connectivity index (χ3n) is 9.25. The Labute approximate surface area is 246 Å². The minimum Gasteiger partial charge on any atom is -0.347 e. The number of carbonyl (C=O) groups excluding carboxylic acids is 4. The van der Waals surface area contributed by atoms with Crippen LogP contribution in [0.4, 0.5) is 29.5 Å². The predicted molar refractivity (Wildman–Crippen MR) is 150 cm³/mol. The molecule has 6 rings (SSSR count). The molecule has 0 bridgehead atoms. The predicted octanol–water partition coefficient (Wildman–Crippen LogP) is 3.23. The molecule has 4 heterocycles. The highest BCUT2D eigenvalue weighted by Crippen LogP contribution is 2.47. The second kappa shape index (κ2) is 11.2. The molecule has 2 aromatic rings. The number of anilines is 2. The molecule has 228 valence electrons. The van der Waals surface area contributed by atoms with E-state index < -0.39 is 17.5 Å². The Kier molecular flexibility index (Phi) is 7.51. The van der Waals surface area contributed by atoms with Gasteiger partial charge in [0.2, 0.25) is 17.7 Å². The fraction of sp³-hybridized carbons (Fsp3) is 0.500. The number of piperidine rings is 2. The highest BCUT2D eigenvalue weighted by atomic mass is 19.4. The molecule has 13 heteroatoms. The van der Waals surface area contributed by atoms with Crippen molar-refractivity contribution < 1.29 is 32.3 Å². The molecule has 1 atom stereocenters. The van der Waals surface area contributed by atoms with Gasteiger partial charge in [-0.3, -0.25) is 14.4 Å². The van der Waals surface area contributed by atoms with E-state index in [-0.39, 0.29) is 62.1 Å². The first-order valence-corrected chi connectivity index (χ1v) is 14.6. The topological polar surface area (TPSA) is 124 Å². The van der Waals surface area contributed by atoms with Crippen molar-refractivity contribution in [3.8, 4) is 0 Å². The van der Waals surface area contributed by atoms with E-state index in [1.807, 2.05) is 24.3 Å². The van der Waals surface area contributed by atoms with Crippen LogP contribution >= 0.6 is 0 Å². The number of pyridine rings is 1. The monoisotopic (exact) mass is 598 g/mol. The van der Waals surface area contributed by atoms with Gasteiger partial charge in [-0.2, -0.15) is 13.2 Å². The molecular weight excluding hydrogens is 565 g/mol. The maximum Gasteiger partial charge on any atom is 0.391 e. The van der Waals surface area contributed by atoms with E-state index in [0.717, 1.165) is 16.7 Å². The first-order valence-electron chi connectivity index (χ1n) is 14.6. The minimum absolute atomic E-state index is 0.0738. The zero-order valence-electron chi connectivity index (χ0n) is 23.5. The second-order valence-corrected chi connectivity index (χ2v) is 11.9. The SMILES string of the molecule is O=C(CNC(=O)C1CCN(C(=O)N2CCC(C(F)(F)F)CC2)CC1)Nc1ccc2c(c1)CC1(C2)C(=O)Nc2ncccc21. The van der Waals surface area contributed by atoms with Crippen LogP contribution in [0.15, 0.2) is 36.5 Å². The van der Waals surface area contributed by atoms with Gasteiger partial charge in [0.1, 0.15) is 5.82 Å². The quantitative estimate of drug-likeness (QED) is 0.499. The van der Waals surface area contributed by atoms with Crippen molar-refractivity contribution in [2.24, 2.45) is 11.8 Å². The molecule has 10 nitrogen and oxygen atoms in total. The number of likely N-dealkylation sites (tertiary alicyclic amines) is 2. The van der Waals surface area contributed by atoms with Crippen molar-refractivity contribution in [1.82, 2.24) is 20.1 Å². The van der Waals surface area contributed by atoms with E-state index in [4.69, 9.17) is 0 Å². The largest absolute Gasteiger partial charge is 0.391 e. The Morgan fingerprint density at radius 2 is 1.65 bits per heavy atom. The van der Waals surface area contributed by atoms with E-state index in [1.165, 1.54) is 4.90 Å². The van der Waals surface area contributed by atoms with Crippen LogP contribution in [0, 0.1) is 11.8 Å². The lowest BCUT2D eigenvalue weighted by Gasteiger charge is -2.38. The molecule has 2 saturated heterocycles. The highest BCUT2D eigenvalue weighted by Gasteiger charge is 2.51. The van der Waals surface area contributed by atoms with Crippen LogP contribution in [-0.4, -0.2) is 77.4 Å². The number of nitrogens with zero attached hydrogens (tertiary/aromatic N) is 3. The molecule has 0 saturated carbocycles. The van der Waals surface area contributed by atoms with Crippen molar-refractivity contribution in [2.45, 2.75) is 50.1 Å². The molecule has 5 amide bonds. The van der Waals surface area contributed by atoms with Crippen molar-refractivity contribution in [3.05, 3.63) is 53.2 Å². The molecule has 0 radical (unpaired) electrons. The van der Waals surface area contributed by atoms with Gasteiger partial charge >= 0.3 is 12.2 Å². The van der Waals surface area contributed by atoms with Crippen molar-refractivity contribution in [2.75, 3.05) is 43.4 Å². The normalized spacial score (nSPS) is 22.3. The first kappa shape index (κ1) is 28.9. The summed E-state index contributed by atoms with van der Waals surface area (Å²) in [6.07, 6.45) is -0.889. The average Bonchev–Trinajstić information content (AvgIpc) is 3.51. The summed E-state index contributed by atoms with van der Waals surface area (Å²) in [5, 5.41) is 8.37. The second-order valence-electron chi connectivity index (χ2n) is 11.9. The summed E-state index contributed by atoms with van der Waals surface area (Å²) in [5.74, 6) is -1.88. The van der Waals surface area contributed by atoms with Crippen molar-refractivity contribution in [3.63, 3.8) is 0 Å². The Morgan fingerprint density at radius 3 is 2.35 bits per heavy atom. The lowest BCUT2D eigenvalue weighted by Crippen LogP contribution is -2.51. The molecule has 4 aliphatic rings. The van der Waals surface area contributed by atoms with E-state index >= 15 is 0 Å². The number of fused-ring (bicyclic) bond motifs is 3. The number of hydrogen-bond acceptors (Lipinski definition) is 5. The van der Waals surface area contributed by atoms with Crippen LogP contribution < -0.4 is 16.0 Å². The summed E-state index contributed by atoms with van der Waals surface area (Å²) in [5.41, 5.74) is 2.76. The lowest BCUT2D eigenvalue weighted by molar-refractivity contribution is -0.183. The maximum absolute atomic E-state index is 12.9. The molecule has 1 spiro atoms. The fourth-order valence-corrected chi connectivity index (χ4v) is 6.79. The van der Waals surface area contributed by atoms with Crippen LogP contribution in [0.5, 0.6) is 0 Å². The molecule has 1 aromatic carbocycles. The number of nitrogens with one attached hydrogen (secondary N) is 3. The number of carbonyl (C=O) groups is 4. The van der Waals surface area contributed by atoms with Gasteiger partial charge in [0.15, 0.2) is 0 Å². The van der Waals surface area contributed by atoms with Crippen LogP contribution in [0.3, 0.4) is 0 Å². The standard InChI is InChI=1S/C30H33F3N6O4/c31-30(32,33)21-7-12-39(13-8-21)28(43)38-10-5-18(6-11-38)26(41)35-17-24(40)36-22-4-3-19-15-29(16-20(19)14-22)23-2-1-9-34-25(23)37-27(29)42/h1-4,9,14,18,21H,5-8,10-13,15-17H2,(H,35,41)(H,36,40)(H,34,37,42). The smallest absolute Gasteiger partial charge is 0.347 e. The van der Waals surface area contributed by atoms with E-state index in [9.17, 15) is 32.3 Å². The number of urea groups is 1. The Hall–Kier alpha value is -4.16. The van der Waals surface area contributed by atoms with Gasteiger partial charge in [-0.05, 0) is 67.9 Å². The summed E-state index contributed by atoms with van der Waals surface area (Å²) in [6, 6.07) is 9.02. The summed E-state index contributed by atoms with van der Waals surface area (Å²) in [7, 11) is 0.